The van der Waals surface area contributed by atoms with Crippen LogP contribution in [0.4, 0.5) is 0 Å². The number of rotatable bonds is 0. The van der Waals surface area contributed by atoms with Gasteiger partial charge in [-0.25, -0.2) is 0 Å². The van der Waals surface area contributed by atoms with Crippen LogP contribution >= 0.6 is 0 Å². The highest BCUT2D eigenvalue weighted by Crippen LogP contribution is 2.43. The Kier molecular flexibility index (Phi) is 2.12. The Morgan fingerprint density at radius 3 is 1.89 bits per heavy atom. The monoisotopic (exact) mass is 235 g/mol. The Bertz CT molecular complexity index is 553. The second-order valence-electron chi connectivity index (χ2n) is 5.52. The fourth-order valence-corrected chi connectivity index (χ4v) is 3.64. The first-order valence-corrected chi connectivity index (χ1v) is 6.74. The fourth-order valence-electron chi connectivity index (χ4n) is 3.64. The van der Waals surface area contributed by atoms with Crippen molar-refractivity contribution in [3.05, 3.63) is 70.8 Å². The van der Waals surface area contributed by atoms with Crippen LogP contribution in [0, 0.1) is 0 Å². The molecule has 1 unspecified atom stereocenters. The third-order valence-electron chi connectivity index (χ3n) is 4.59. The Morgan fingerprint density at radius 2 is 1.33 bits per heavy atom. The Labute approximate surface area is 108 Å². The SMILES string of the molecule is CC1C2c3ccccc3CN1Cc1ccccc12. The molecule has 2 aliphatic rings. The van der Waals surface area contributed by atoms with E-state index in [1.54, 1.807) is 0 Å². The quantitative estimate of drug-likeness (QED) is 0.675. The standard InChI is InChI=1S/C17H17N/c1-12-17-15-8-4-2-6-13(15)10-18(12)11-14-7-3-5-9-16(14)17/h2-9,12,17H,10-11H2,1H3. The van der Waals surface area contributed by atoms with Crippen LogP contribution in [-0.4, -0.2) is 10.9 Å². The maximum atomic E-state index is 2.61. The molecule has 2 bridgehead atoms. The third-order valence-corrected chi connectivity index (χ3v) is 4.59. The van der Waals surface area contributed by atoms with Gasteiger partial charge in [0.05, 0.1) is 0 Å². The zero-order valence-corrected chi connectivity index (χ0v) is 10.6. The molecule has 90 valence electrons. The molecule has 1 nitrogen and oxygen atoms in total. The zero-order valence-electron chi connectivity index (χ0n) is 10.6. The predicted molar refractivity (Wildman–Crippen MR) is 73.4 cm³/mol. The fraction of sp³-hybridized carbons (Fsp3) is 0.294. The smallest absolute Gasteiger partial charge is 0.0249 e. The summed E-state index contributed by atoms with van der Waals surface area (Å²) >= 11 is 0. The van der Waals surface area contributed by atoms with Crippen molar-refractivity contribution in [2.45, 2.75) is 32.0 Å². The molecule has 0 aromatic heterocycles. The lowest BCUT2D eigenvalue weighted by Crippen LogP contribution is -2.45. The van der Waals surface area contributed by atoms with Crippen molar-refractivity contribution in [2.75, 3.05) is 0 Å². The van der Waals surface area contributed by atoms with Crippen LogP contribution in [0.5, 0.6) is 0 Å². The van der Waals surface area contributed by atoms with Crippen LogP contribution in [0.15, 0.2) is 48.5 Å². The van der Waals surface area contributed by atoms with Crippen LogP contribution in [0.1, 0.15) is 35.1 Å². The number of hydrogen-bond acceptors (Lipinski definition) is 1. The van der Waals surface area contributed by atoms with Crippen LogP contribution in [0.2, 0.25) is 0 Å². The molecule has 18 heavy (non-hydrogen) atoms. The van der Waals surface area contributed by atoms with E-state index in [0.717, 1.165) is 13.1 Å². The highest BCUT2D eigenvalue weighted by atomic mass is 15.2. The van der Waals surface area contributed by atoms with Crippen LogP contribution in [-0.2, 0) is 13.1 Å². The summed E-state index contributed by atoms with van der Waals surface area (Å²) in [5, 5.41) is 0. The van der Waals surface area contributed by atoms with E-state index in [4.69, 9.17) is 0 Å². The average molecular weight is 235 g/mol. The Morgan fingerprint density at radius 1 is 0.833 bits per heavy atom. The molecule has 0 radical (unpaired) electrons. The second-order valence-corrected chi connectivity index (χ2v) is 5.52. The van der Waals surface area contributed by atoms with Gasteiger partial charge in [0.2, 0.25) is 0 Å². The van der Waals surface area contributed by atoms with E-state index in [1.807, 2.05) is 0 Å². The van der Waals surface area contributed by atoms with Gasteiger partial charge in [0.25, 0.3) is 0 Å². The molecular formula is C17H17N. The van der Waals surface area contributed by atoms with E-state index in [9.17, 15) is 0 Å². The molecule has 0 fully saturated rings. The maximum Gasteiger partial charge on any atom is 0.0249 e. The Balaban J connectivity index is 1.97. The van der Waals surface area contributed by atoms with E-state index in [0.29, 0.717) is 12.0 Å². The number of benzene rings is 2. The number of fused-ring (bicyclic) bond motifs is 6. The van der Waals surface area contributed by atoms with Gasteiger partial charge in [0.1, 0.15) is 0 Å². The summed E-state index contributed by atoms with van der Waals surface area (Å²) in [7, 11) is 0. The molecule has 2 aromatic rings. The van der Waals surface area contributed by atoms with Crippen molar-refractivity contribution >= 4 is 0 Å². The van der Waals surface area contributed by atoms with E-state index >= 15 is 0 Å². The molecular weight excluding hydrogens is 218 g/mol. The van der Waals surface area contributed by atoms with Gasteiger partial charge >= 0.3 is 0 Å². The summed E-state index contributed by atoms with van der Waals surface area (Å²) in [6, 6.07) is 18.5. The normalized spacial score (nSPS) is 28.4. The highest BCUT2D eigenvalue weighted by Gasteiger charge is 2.37. The molecule has 0 amide bonds. The molecule has 1 atom stereocenters. The van der Waals surface area contributed by atoms with Crippen molar-refractivity contribution in [1.29, 1.82) is 0 Å². The van der Waals surface area contributed by atoms with Gasteiger partial charge < -0.3 is 0 Å². The van der Waals surface area contributed by atoms with Gasteiger partial charge in [-0.3, -0.25) is 4.90 Å². The first kappa shape index (κ1) is 10.3. The molecule has 0 N–H and O–H groups in total. The molecule has 0 saturated heterocycles. The van der Waals surface area contributed by atoms with E-state index in [1.165, 1.54) is 22.3 Å². The van der Waals surface area contributed by atoms with E-state index in [-0.39, 0.29) is 0 Å². The highest BCUT2D eigenvalue weighted by molar-refractivity contribution is 5.46. The lowest BCUT2D eigenvalue weighted by molar-refractivity contribution is 0.144. The van der Waals surface area contributed by atoms with Gasteiger partial charge in [-0.2, -0.15) is 0 Å². The molecule has 2 heterocycles. The molecule has 0 saturated carbocycles. The van der Waals surface area contributed by atoms with Crippen molar-refractivity contribution in [2.24, 2.45) is 0 Å². The largest absolute Gasteiger partial charge is 0.291 e. The van der Waals surface area contributed by atoms with Crippen LogP contribution in [0.25, 0.3) is 0 Å². The van der Waals surface area contributed by atoms with Gasteiger partial charge in [0.15, 0.2) is 0 Å². The summed E-state index contributed by atoms with van der Waals surface area (Å²) in [6.45, 7) is 4.57. The van der Waals surface area contributed by atoms with Gasteiger partial charge in [-0.05, 0) is 29.2 Å². The molecule has 0 aliphatic carbocycles. The minimum atomic E-state index is 0.555. The minimum absolute atomic E-state index is 0.555. The summed E-state index contributed by atoms with van der Waals surface area (Å²) in [5.74, 6) is 0.555. The van der Waals surface area contributed by atoms with Gasteiger partial charge in [0, 0.05) is 25.0 Å². The van der Waals surface area contributed by atoms with Crippen LogP contribution < -0.4 is 0 Å². The molecule has 2 aromatic carbocycles. The predicted octanol–water partition coefficient (Wildman–Crippen LogP) is 3.54. The van der Waals surface area contributed by atoms with Gasteiger partial charge in [-0.1, -0.05) is 48.5 Å². The Hall–Kier alpha value is -1.60. The molecule has 2 aliphatic heterocycles. The summed E-state index contributed by atoms with van der Waals surface area (Å²) in [6.07, 6.45) is 0. The molecule has 0 spiro atoms. The molecule has 4 rings (SSSR count). The van der Waals surface area contributed by atoms with Crippen molar-refractivity contribution in [1.82, 2.24) is 4.90 Å². The minimum Gasteiger partial charge on any atom is -0.291 e. The van der Waals surface area contributed by atoms with E-state index < -0.39 is 0 Å². The van der Waals surface area contributed by atoms with Crippen molar-refractivity contribution in [3.8, 4) is 0 Å². The van der Waals surface area contributed by atoms with Crippen molar-refractivity contribution in [3.63, 3.8) is 0 Å². The summed E-state index contributed by atoms with van der Waals surface area (Å²) in [4.78, 5) is 2.61. The maximum absolute atomic E-state index is 2.61. The van der Waals surface area contributed by atoms with Gasteiger partial charge in [-0.15, -0.1) is 0 Å². The second kappa shape index (κ2) is 3.69. The molecule has 1 heteroatoms. The third kappa shape index (κ3) is 1.31. The number of hydrogen-bond donors (Lipinski definition) is 0. The zero-order chi connectivity index (χ0) is 12.1. The topological polar surface area (TPSA) is 3.24 Å². The summed E-state index contributed by atoms with van der Waals surface area (Å²) in [5.41, 5.74) is 6.09. The van der Waals surface area contributed by atoms with E-state index in [2.05, 4.69) is 60.4 Å². The first-order valence-electron chi connectivity index (χ1n) is 6.74. The first-order chi connectivity index (χ1) is 8.84. The average Bonchev–Trinajstić information content (AvgIpc) is 2.39. The summed E-state index contributed by atoms with van der Waals surface area (Å²) < 4.78 is 0. The lowest BCUT2D eigenvalue weighted by Gasteiger charge is -2.45. The van der Waals surface area contributed by atoms with Crippen LogP contribution in [0.3, 0.4) is 0 Å². The lowest BCUT2D eigenvalue weighted by atomic mass is 9.75. The van der Waals surface area contributed by atoms with Crippen molar-refractivity contribution < 1.29 is 0 Å². The number of nitrogens with zero attached hydrogens (tertiary/aromatic N) is 1.